The highest BCUT2D eigenvalue weighted by Crippen LogP contribution is 2.30. The van der Waals surface area contributed by atoms with Gasteiger partial charge < -0.3 is 4.98 Å². The fourth-order valence-corrected chi connectivity index (χ4v) is 2.64. The number of hydrogen-bond acceptors (Lipinski definition) is 2. The molecule has 3 rings (SSSR count). The van der Waals surface area contributed by atoms with Crippen molar-refractivity contribution in [2.75, 3.05) is 0 Å². The predicted molar refractivity (Wildman–Crippen MR) is 75.0 cm³/mol. The average Bonchev–Trinajstić information content (AvgIpc) is 2.87. The Kier molecular flexibility index (Phi) is 2.94. The lowest BCUT2D eigenvalue weighted by Gasteiger charge is -2.09. The smallest absolute Gasteiger partial charge is 0.327 e. The normalized spacial score (nSPS) is 12.2. The number of alkyl halides is 3. The Bertz CT molecular complexity index is 868. The lowest BCUT2D eigenvalue weighted by atomic mass is 10.2. The van der Waals surface area contributed by atoms with Crippen LogP contribution in [-0.2, 0) is 13.2 Å². The zero-order valence-corrected chi connectivity index (χ0v) is 12.0. The lowest BCUT2D eigenvalue weighted by Crippen LogP contribution is -2.05. The molecule has 21 heavy (non-hydrogen) atoms. The molecule has 0 radical (unpaired) electrons. The van der Waals surface area contributed by atoms with Gasteiger partial charge in [-0.15, -0.1) is 0 Å². The summed E-state index contributed by atoms with van der Waals surface area (Å²) in [6.07, 6.45) is -4.35. The molecule has 8 heteroatoms. The van der Waals surface area contributed by atoms with Gasteiger partial charge in [0, 0.05) is 12.7 Å². The maximum absolute atomic E-state index is 12.6. The number of rotatable bonds is 1. The van der Waals surface area contributed by atoms with Crippen molar-refractivity contribution in [1.82, 2.24) is 19.3 Å². The molecule has 0 unspecified atom stereocenters. The van der Waals surface area contributed by atoms with Crippen molar-refractivity contribution in [3.05, 3.63) is 40.3 Å². The van der Waals surface area contributed by atoms with Gasteiger partial charge in [-0.05, 0) is 43.4 Å². The van der Waals surface area contributed by atoms with Crippen LogP contribution in [0.15, 0.2) is 24.3 Å². The van der Waals surface area contributed by atoms with Crippen LogP contribution in [0.1, 0.15) is 11.3 Å². The molecule has 0 saturated heterocycles. The molecule has 3 aromatic rings. The van der Waals surface area contributed by atoms with E-state index < -0.39 is 11.7 Å². The molecule has 0 saturated carbocycles. The first-order chi connectivity index (χ1) is 9.79. The Labute approximate surface area is 122 Å². The van der Waals surface area contributed by atoms with Crippen molar-refractivity contribution in [1.29, 1.82) is 0 Å². The zero-order valence-electron chi connectivity index (χ0n) is 11.2. The van der Waals surface area contributed by atoms with Gasteiger partial charge in [0.15, 0.2) is 10.4 Å². The summed E-state index contributed by atoms with van der Waals surface area (Å²) in [5.41, 5.74) is 2.15. The van der Waals surface area contributed by atoms with Crippen molar-refractivity contribution in [3.8, 4) is 5.69 Å². The Hall–Kier alpha value is -2.09. The molecule has 110 valence electrons. The van der Waals surface area contributed by atoms with Crippen molar-refractivity contribution in [2.24, 2.45) is 7.05 Å². The van der Waals surface area contributed by atoms with Crippen LogP contribution in [0, 0.1) is 11.7 Å². The third-order valence-corrected chi connectivity index (χ3v) is 3.58. The van der Waals surface area contributed by atoms with Crippen LogP contribution in [0.2, 0.25) is 0 Å². The van der Waals surface area contributed by atoms with E-state index in [9.17, 15) is 13.2 Å². The number of fused-ring (bicyclic) bond motifs is 1. The first-order valence-corrected chi connectivity index (χ1v) is 6.52. The molecule has 2 aromatic heterocycles. The highest BCUT2D eigenvalue weighted by Gasteiger charge is 2.30. The summed E-state index contributed by atoms with van der Waals surface area (Å²) in [4.78, 5) is 3.03. The first kappa shape index (κ1) is 13.9. The molecule has 2 heterocycles. The van der Waals surface area contributed by atoms with E-state index in [1.807, 2.05) is 6.92 Å². The molecule has 0 bridgehead atoms. The van der Waals surface area contributed by atoms with E-state index >= 15 is 0 Å². The first-order valence-electron chi connectivity index (χ1n) is 6.11. The summed E-state index contributed by atoms with van der Waals surface area (Å²) < 4.78 is 41.6. The second-order valence-corrected chi connectivity index (χ2v) is 5.10. The minimum Gasteiger partial charge on any atom is -0.327 e. The van der Waals surface area contributed by atoms with Crippen LogP contribution in [0.4, 0.5) is 13.2 Å². The van der Waals surface area contributed by atoms with E-state index in [1.54, 1.807) is 16.3 Å². The summed E-state index contributed by atoms with van der Waals surface area (Å²) >= 11 is 5.26. The SMILES string of the molecule is Cc1nn(C)c2c1[nH]c(=S)n2-c1ccc(C(F)(F)F)cc1. The number of aryl methyl sites for hydroxylation is 2. The Morgan fingerprint density at radius 3 is 2.38 bits per heavy atom. The van der Waals surface area contributed by atoms with Crippen LogP contribution in [0.25, 0.3) is 16.9 Å². The molecule has 1 N–H and O–H groups in total. The maximum Gasteiger partial charge on any atom is 0.416 e. The maximum atomic E-state index is 12.6. The molecule has 0 atom stereocenters. The van der Waals surface area contributed by atoms with E-state index in [0.717, 1.165) is 29.0 Å². The molecule has 0 spiro atoms. The molecule has 4 nitrogen and oxygen atoms in total. The van der Waals surface area contributed by atoms with Crippen LogP contribution >= 0.6 is 12.2 Å². The summed E-state index contributed by atoms with van der Waals surface area (Å²) in [5.74, 6) is 0. The van der Waals surface area contributed by atoms with Gasteiger partial charge in [-0.3, -0.25) is 4.57 Å². The largest absolute Gasteiger partial charge is 0.416 e. The molecule has 0 aliphatic heterocycles. The highest BCUT2D eigenvalue weighted by atomic mass is 32.1. The average molecular weight is 312 g/mol. The summed E-state index contributed by atoms with van der Waals surface area (Å²) in [7, 11) is 1.76. The molecule has 0 fully saturated rings. The van der Waals surface area contributed by atoms with Gasteiger partial charge in [0.05, 0.1) is 11.3 Å². The number of imidazole rings is 1. The van der Waals surface area contributed by atoms with Crippen LogP contribution in [0.5, 0.6) is 0 Å². The van der Waals surface area contributed by atoms with Gasteiger partial charge in [-0.1, -0.05) is 0 Å². The van der Waals surface area contributed by atoms with Crippen LogP contribution in [0.3, 0.4) is 0 Å². The minimum absolute atomic E-state index is 0.417. The fourth-order valence-electron chi connectivity index (χ4n) is 2.35. The van der Waals surface area contributed by atoms with E-state index in [2.05, 4.69) is 10.1 Å². The lowest BCUT2D eigenvalue weighted by molar-refractivity contribution is -0.137. The van der Waals surface area contributed by atoms with Crippen LogP contribution < -0.4 is 0 Å². The summed E-state index contributed by atoms with van der Waals surface area (Å²) in [6.45, 7) is 1.84. The van der Waals surface area contributed by atoms with Gasteiger partial charge in [-0.25, -0.2) is 4.68 Å². The van der Waals surface area contributed by atoms with Gasteiger partial charge in [0.1, 0.15) is 5.52 Å². The van der Waals surface area contributed by atoms with Gasteiger partial charge in [0.25, 0.3) is 0 Å². The number of nitrogens with zero attached hydrogens (tertiary/aromatic N) is 3. The second-order valence-electron chi connectivity index (χ2n) is 4.72. The monoisotopic (exact) mass is 312 g/mol. The third-order valence-electron chi connectivity index (χ3n) is 3.29. The summed E-state index contributed by atoms with van der Waals surface area (Å²) in [6, 6.07) is 4.88. The highest BCUT2D eigenvalue weighted by molar-refractivity contribution is 7.71. The Balaban J connectivity index is 2.21. The van der Waals surface area contributed by atoms with Crippen molar-refractivity contribution in [3.63, 3.8) is 0 Å². The van der Waals surface area contributed by atoms with E-state index in [4.69, 9.17) is 12.2 Å². The van der Waals surface area contributed by atoms with Gasteiger partial charge in [-0.2, -0.15) is 18.3 Å². The number of aromatic amines is 1. The Morgan fingerprint density at radius 2 is 1.81 bits per heavy atom. The molecular weight excluding hydrogens is 301 g/mol. The molecule has 1 aromatic carbocycles. The van der Waals surface area contributed by atoms with Crippen molar-refractivity contribution >= 4 is 23.4 Å². The summed E-state index contributed by atoms with van der Waals surface area (Å²) in [5, 5.41) is 4.27. The third kappa shape index (κ3) is 2.15. The number of aromatic nitrogens is 4. The van der Waals surface area contributed by atoms with E-state index in [-0.39, 0.29) is 0 Å². The van der Waals surface area contributed by atoms with Gasteiger partial charge >= 0.3 is 6.18 Å². The number of halogens is 3. The Morgan fingerprint density at radius 1 is 1.19 bits per heavy atom. The predicted octanol–water partition coefficient (Wildman–Crippen LogP) is 3.75. The molecule has 0 aliphatic carbocycles. The topological polar surface area (TPSA) is 38.5 Å². The standard InChI is InChI=1S/C13H11F3N4S/c1-7-10-11(19(2)18-7)20(12(21)17-10)9-5-3-8(4-6-9)13(14,15)16/h3-6H,1-2H3,(H,17,21). The quantitative estimate of drug-likeness (QED) is 0.695. The van der Waals surface area contributed by atoms with E-state index in [1.165, 1.54) is 12.1 Å². The molecule has 0 aliphatic rings. The van der Waals surface area contributed by atoms with Crippen LogP contribution in [-0.4, -0.2) is 19.3 Å². The second kappa shape index (κ2) is 4.45. The number of hydrogen-bond donors (Lipinski definition) is 1. The minimum atomic E-state index is -4.35. The van der Waals surface area contributed by atoms with Crippen molar-refractivity contribution in [2.45, 2.75) is 13.1 Å². The van der Waals surface area contributed by atoms with E-state index in [0.29, 0.717) is 10.5 Å². The number of H-pyrrole nitrogens is 1. The number of benzene rings is 1. The molecule has 0 amide bonds. The van der Waals surface area contributed by atoms with Gasteiger partial charge in [0.2, 0.25) is 0 Å². The fraction of sp³-hybridized carbons (Fsp3) is 0.231. The molecular formula is C13H11F3N4S. The number of nitrogens with one attached hydrogen (secondary N) is 1. The van der Waals surface area contributed by atoms with Crippen molar-refractivity contribution < 1.29 is 13.2 Å². The zero-order chi connectivity index (χ0) is 15.4.